The van der Waals surface area contributed by atoms with E-state index in [1.54, 1.807) is 0 Å². The number of ether oxygens (including phenoxy) is 1. The Kier molecular flexibility index (Phi) is 4.44. The highest BCUT2D eigenvalue weighted by atomic mass is 16.5. The van der Waals surface area contributed by atoms with Gasteiger partial charge in [-0.3, -0.25) is 0 Å². The van der Waals surface area contributed by atoms with Crippen LogP contribution < -0.4 is 4.74 Å². The van der Waals surface area contributed by atoms with E-state index >= 15 is 0 Å². The van der Waals surface area contributed by atoms with Crippen molar-refractivity contribution < 1.29 is 9.84 Å². The van der Waals surface area contributed by atoms with Crippen molar-refractivity contribution in [2.45, 2.75) is 77.2 Å². The molecule has 2 aliphatic rings. The quantitative estimate of drug-likeness (QED) is 0.555. The number of fused-ring (bicyclic) bond motifs is 4. The molecule has 1 saturated carbocycles. The molecule has 3 atom stereocenters. The second-order valence-corrected chi connectivity index (χ2v) is 7.84. The third-order valence-corrected chi connectivity index (χ3v) is 5.73. The van der Waals surface area contributed by atoms with Gasteiger partial charge in [-0.05, 0) is 69.6 Å². The number of aromatic hydroxyl groups is 1. The largest absolute Gasteiger partial charge is 0.508 e. The Hall–Kier alpha value is -1.44. The zero-order chi connectivity index (χ0) is 16.6. The third kappa shape index (κ3) is 3.13. The fourth-order valence-corrected chi connectivity index (χ4v) is 4.47. The van der Waals surface area contributed by atoms with Gasteiger partial charge in [-0.15, -0.1) is 0 Å². The summed E-state index contributed by atoms with van der Waals surface area (Å²) >= 11 is 0. The predicted molar refractivity (Wildman–Crippen MR) is 95.3 cm³/mol. The van der Waals surface area contributed by atoms with E-state index in [2.05, 4.69) is 33.4 Å². The van der Waals surface area contributed by atoms with Crippen LogP contribution in [0.5, 0.6) is 11.5 Å². The van der Waals surface area contributed by atoms with Gasteiger partial charge in [-0.2, -0.15) is 0 Å². The van der Waals surface area contributed by atoms with Crippen LogP contribution in [-0.4, -0.2) is 10.7 Å². The normalized spacial score (nSPS) is 28.8. The summed E-state index contributed by atoms with van der Waals surface area (Å²) in [5.74, 6) is 2.15. The average Bonchev–Trinajstić information content (AvgIpc) is 2.46. The lowest BCUT2D eigenvalue weighted by molar-refractivity contribution is 0.00630. The predicted octanol–water partition coefficient (Wildman–Crippen LogP) is 5.74. The fourth-order valence-electron chi connectivity index (χ4n) is 4.47. The van der Waals surface area contributed by atoms with Gasteiger partial charge >= 0.3 is 0 Å². The number of hydrogen-bond acceptors (Lipinski definition) is 2. The molecule has 3 rings (SSSR count). The lowest BCUT2D eigenvalue weighted by Crippen LogP contribution is -2.44. The number of benzene rings is 1. The molecular weight excluding hydrogens is 284 g/mol. The maximum Gasteiger partial charge on any atom is 0.127 e. The van der Waals surface area contributed by atoms with Crippen molar-refractivity contribution in [3.05, 3.63) is 35.4 Å². The number of unbranched alkanes of at least 4 members (excludes halogenated alkanes) is 2. The molecule has 2 bridgehead atoms. The average molecular weight is 314 g/mol. The second kappa shape index (κ2) is 6.22. The second-order valence-electron chi connectivity index (χ2n) is 7.84. The summed E-state index contributed by atoms with van der Waals surface area (Å²) < 4.78 is 6.36. The van der Waals surface area contributed by atoms with Gasteiger partial charge in [0.05, 0.1) is 0 Å². The van der Waals surface area contributed by atoms with Crippen LogP contribution in [0.25, 0.3) is 0 Å². The summed E-state index contributed by atoms with van der Waals surface area (Å²) in [5.41, 5.74) is 3.37. The number of allylic oxidation sites excluding steroid dienone is 1. The van der Waals surface area contributed by atoms with Gasteiger partial charge in [0, 0.05) is 11.5 Å². The van der Waals surface area contributed by atoms with E-state index in [4.69, 9.17) is 4.74 Å². The first-order valence-corrected chi connectivity index (χ1v) is 9.14. The summed E-state index contributed by atoms with van der Waals surface area (Å²) in [5, 5.41) is 10.7. The van der Waals surface area contributed by atoms with Gasteiger partial charge in [-0.1, -0.05) is 31.9 Å². The number of hydrogen-bond donors (Lipinski definition) is 1. The van der Waals surface area contributed by atoms with Gasteiger partial charge in [0.1, 0.15) is 17.1 Å². The van der Waals surface area contributed by atoms with Gasteiger partial charge in [-0.25, -0.2) is 0 Å². The van der Waals surface area contributed by atoms with E-state index in [9.17, 15) is 5.11 Å². The van der Waals surface area contributed by atoms with E-state index < -0.39 is 0 Å². The first kappa shape index (κ1) is 16.4. The Morgan fingerprint density at radius 1 is 1.39 bits per heavy atom. The topological polar surface area (TPSA) is 29.5 Å². The summed E-state index contributed by atoms with van der Waals surface area (Å²) in [4.78, 5) is 0. The van der Waals surface area contributed by atoms with Crippen LogP contribution >= 0.6 is 0 Å². The SMILES string of the molecule is C=C(C)[C@@H]1CC[C@@]2(C)C[C@@H]1c1c(O)cc(CCCCC)cc1O2. The molecular formula is C21H30O2. The minimum absolute atomic E-state index is 0.0852. The van der Waals surface area contributed by atoms with E-state index in [0.29, 0.717) is 17.6 Å². The van der Waals surface area contributed by atoms with Gasteiger partial charge in [0.2, 0.25) is 0 Å². The number of rotatable bonds is 5. The lowest BCUT2D eigenvalue weighted by atomic mass is 9.65. The van der Waals surface area contributed by atoms with Crippen LogP contribution in [0.1, 0.15) is 76.3 Å². The van der Waals surface area contributed by atoms with Gasteiger partial charge < -0.3 is 9.84 Å². The minimum atomic E-state index is -0.0852. The smallest absolute Gasteiger partial charge is 0.127 e. The Balaban J connectivity index is 1.96. The molecule has 1 fully saturated rings. The molecule has 1 aromatic carbocycles. The van der Waals surface area contributed by atoms with Crippen LogP contribution in [-0.2, 0) is 6.42 Å². The molecule has 0 saturated heterocycles. The third-order valence-electron chi connectivity index (χ3n) is 5.73. The number of phenolic OH excluding ortho intramolecular Hbond substituents is 1. The Labute approximate surface area is 140 Å². The molecule has 1 aromatic rings. The summed E-state index contributed by atoms with van der Waals surface area (Å²) in [7, 11) is 0. The van der Waals surface area contributed by atoms with Crippen molar-refractivity contribution >= 4 is 0 Å². The van der Waals surface area contributed by atoms with Crippen molar-refractivity contribution in [1.82, 2.24) is 0 Å². The monoisotopic (exact) mass is 314 g/mol. The molecule has 1 heterocycles. The zero-order valence-electron chi connectivity index (χ0n) is 14.8. The standard InChI is InChI=1S/C21H30O2/c1-5-6-7-8-15-11-18(22)20-17-13-21(4,23-19(20)12-15)10-9-16(17)14(2)3/h11-12,16-17,22H,2,5-10,13H2,1,3-4H3/t16-,17-,21-/m0/s1. The molecule has 2 nitrogen and oxygen atoms in total. The van der Waals surface area contributed by atoms with Gasteiger partial charge in [0.15, 0.2) is 0 Å². The van der Waals surface area contributed by atoms with Crippen molar-refractivity contribution in [2.24, 2.45) is 5.92 Å². The maximum atomic E-state index is 10.7. The molecule has 1 aliphatic carbocycles. The minimum Gasteiger partial charge on any atom is -0.508 e. The van der Waals surface area contributed by atoms with Crippen LogP contribution in [0.2, 0.25) is 0 Å². The van der Waals surface area contributed by atoms with E-state index in [1.165, 1.54) is 30.4 Å². The van der Waals surface area contributed by atoms with Crippen LogP contribution in [0, 0.1) is 5.92 Å². The summed E-state index contributed by atoms with van der Waals surface area (Å²) in [6, 6.07) is 4.14. The van der Waals surface area contributed by atoms with Crippen molar-refractivity contribution in [3.8, 4) is 11.5 Å². The molecule has 1 aliphatic heterocycles. The van der Waals surface area contributed by atoms with Crippen LogP contribution in [0.15, 0.2) is 24.3 Å². The highest BCUT2D eigenvalue weighted by molar-refractivity contribution is 5.52. The first-order valence-electron chi connectivity index (χ1n) is 9.14. The van der Waals surface area contributed by atoms with E-state index in [1.807, 2.05) is 6.07 Å². The van der Waals surface area contributed by atoms with Gasteiger partial charge in [0.25, 0.3) is 0 Å². The maximum absolute atomic E-state index is 10.7. The molecule has 1 N–H and O–H groups in total. The summed E-state index contributed by atoms with van der Waals surface area (Å²) in [6.07, 6.45) is 7.80. The molecule has 0 radical (unpaired) electrons. The van der Waals surface area contributed by atoms with E-state index in [0.717, 1.165) is 37.0 Å². The highest BCUT2D eigenvalue weighted by Gasteiger charge is 2.46. The lowest BCUT2D eigenvalue weighted by Gasteiger charge is -2.48. The molecule has 2 heteroatoms. The first-order chi connectivity index (χ1) is 10.9. The molecule has 23 heavy (non-hydrogen) atoms. The zero-order valence-corrected chi connectivity index (χ0v) is 14.8. The van der Waals surface area contributed by atoms with E-state index in [-0.39, 0.29) is 5.60 Å². The Morgan fingerprint density at radius 2 is 2.17 bits per heavy atom. The molecule has 0 spiro atoms. The molecule has 0 aromatic heterocycles. The Bertz CT molecular complexity index is 604. The van der Waals surface area contributed by atoms with Crippen molar-refractivity contribution in [3.63, 3.8) is 0 Å². The molecule has 0 amide bonds. The highest BCUT2D eigenvalue weighted by Crippen LogP contribution is 2.55. The number of phenols is 1. The van der Waals surface area contributed by atoms with Crippen LogP contribution in [0.3, 0.4) is 0 Å². The molecule has 126 valence electrons. The summed E-state index contributed by atoms with van der Waals surface area (Å²) in [6.45, 7) is 10.8. The van der Waals surface area contributed by atoms with Crippen molar-refractivity contribution in [1.29, 1.82) is 0 Å². The van der Waals surface area contributed by atoms with Crippen molar-refractivity contribution in [2.75, 3.05) is 0 Å². The fraction of sp³-hybridized carbons (Fsp3) is 0.619. The Morgan fingerprint density at radius 3 is 2.87 bits per heavy atom. The van der Waals surface area contributed by atoms with Crippen LogP contribution in [0.4, 0.5) is 0 Å². The number of aryl methyl sites for hydroxylation is 1. The molecule has 0 unspecified atom stereocenters.